The lowest BCUT2D eigenvalue weighted by atomic mass is 10.3. The number of methoxy groups -OCH3 is 2. The first-order valence-electron chi connectivity index (χ1n) is 9.91. The molecule has 3 rings (SSSR count). The number of nitrogens with two attached hydrogens (primary N) is 2. The van der Waals surface area contributed by atoms with E-state index in [1.54, 1.807) is 6.26 Å². The molecule has 1 aliphatic heterocycles. The molecular weight excluding hydrogens is 685 g/mol. The summed E-state index contributed by atoms with van der Waals surface area (Å²) in [6.45, 7) is 0. The largest absolute Gasteiger partial charge is 0.465 e. The van der Waals surface area contributed by atoms with E-state index in [0.29, 0.717) is 0 Å². The van der Waals surface area contributed by atoms with E-state index >= 15 is 0 Å². The average Bonchev–Trinajstić information content (AvgIpc) is 3.80. The first kappa shape index (κ1) is 38.8. The number of rotatable bonds is 8. The number of esters is 2. The molecule has 1 fully saturated rings. The summed E-state index contributed by atoms with van der Waals surface area (Å²) in [5, 5.41) is 23.3. The fourth-order valence-corrected chi connectivity index (χ4v) is 4.26. The zero-order chi connectivity index (χ0) is 30.8. The fraction of sp³-hybridized carbons (Fsp3) is 0.333. The van der Waals surface area contributed by atoms with Crippen molar-refractivity contribution in [1.82, 2.24) is 9.97 Å². The van der Waals surface area contributed by atoms with Crippen molar-refractivity contribution in [2.24, 2.45) is 11.5 Å². The Morgan fingerprint density at radius 3 is 1.62 bits per heavy atom. The van der Waals surface area contributed by atoms with Gasteiger partial charge in [-0.3, -0.25) is 20.2 Å². The standard InChI is InChI=1S/C8H9N3O4S3.C8H8N2O4S.CH5NS2.CH2S2/c1-15-7(12)4-2-5(11(13)14)6(10-3-4)17-18-8(9)16;1-14-8(11)5-3-6(10(12)13)7(15-2)9-4-5;2-1(3)4;1-2-3-1/h2-3,8,16H,9H2,1H3;3-4H,1-2H3;1,3-4H,2H2;1H2. The molecular formula is C18H24N6O8S8. The maximum atomic E-state index is 11.2. The lowest BCUT2D eigenvalue weighted by Crippen LogP contribution is -2.05. The van der Waals surface area contributed by atoms with Gasteiger partial charge in [-0.1, -0.05) is 32.4 Å². The molecule has 222 valence electrons. The Bertz CT molecular complexity index is 1140. The van der Waals surface area contributed by atoms with Gasteiger partial charge in [0.25, 0.3) is 0 Å². The third kappa shape index (κ3) is 16.9. The third-order valence-electron chi connectivity index (χ3n) is 3.44. The molecule has 14 nitrogen and oxygen atoms in total. The minimum absolute atomic E-state index is 0.0220. The summed E-state index contributed by atoms with van der Waals surface area (Å²) in [5.41, 5.74) is 9.87. The minimum Gasteiger partial charge on any atom is -0.465 e. The van der Waals surface area contributed by atoms with Gasteiger partial charge in [-0.25, -0.2) is 19.6 Å². The van der Waals surface area contributed by atoms with Gasteiger partial charge in [-0.05, 0) is 17.0 Å². The van der Waals surface area contributed by atoms with E-state index < -0.39 is 26.5 Å². The molecule has 1 unspecified atom stereocenters. The number of thiol groups is 3. The molecule has 4 N–H and O–H groups in total. The van der Waals surface area contributed by atoms with Crippen LogP contribution in [-0.4, -0.2) is 66.7 Å². The molecule has 2 aromatic rings. The van der Waals surface area contributed by atoms with Crippen LogP contribution in [0.4, 0.5) is 11.4 Å². The smallest absolute Gasteiger partial charge is 0.339 e. The lowest BCUT2D eigenvalue weighted by molar-refractivity contribution is -0.388. The second-order valence-corrected chi connectivity index (χ2v) is 14.5. The number of nitro groups is 2. The van der Waals surface area contributed by atoms with Gasteiger partial charge in [0.15, 0.2) is 10.1 Å². The van der Waals surface area contributed by atoms with Gasteiger partial charge in [0.2, 0.25) is 0 Å². The monoisotopic (exact) mass is 708 g/mol. The van der Waals surface area contributed by atoms with E-state index in [9.17, 15) is 29.8 Å². The molecule has 3 heterocycles. The second kappa shape index (κ2) is 21.5. The predicted molar refractivity (Wildman–Crippen MR) is 173 cm³/mol. The summed E-state index contributed by atoms with van der Waals surface area (Å²) in [6.07, 6.45) is 4.14. The first-order chi connectivity index (χ1) is 18.8. The summed E-state index contributed by atoms with van der Waals surface area (Å²) < 4.78 is 8.13. The van der Waals surface area contributed by atoms with Crippen LogP contribution in [0, 0.1) is 20.2 Å². The number of pyridine rings is 2. The summed E-state index contributed by atoms with van der Waals surface area (Å²) in [7, 11) is 8.36. The molecule has 0 radical (unpaired) electrons. The number of hydrogen-bond acceptors (Lipinski definition) is 20. The van der Waals surface area contributed by atoms with Crippen LogP contribution in [0.15, 0.2) is 34.6 Å². The quantitative estimate of drug-likeness (QED) is 0.0369. The van der Waals surface area contributed by atoms with Gasteiger partial charge in [0.1, 0.15) is 4.71 Å². The molecule has 0 bridgehead atoms. The highest BCUT2D eigenvalue weighted by atomic mass is 33.2. The third-order valence-corrected chi connectivity index (χ3v) is 7.98. The van der Waals surface area contributed by atoms with E-state index in [2.05, 4.69) is 57.3 Å². The Kier molecular flexibility index (Phi) is 20.8. The molecule has 1 aliphatic rings. The topological polar surface area (TPSA) is 217 Å². The Hall–Kier alpha value is -1.24. The van der Waals surface area contributed by atoms with Gasteiger partial charge in [-0.2, -0.15) is 25.3 Å². The van der Waals surface area contributed by atoms with Gasteiger partial charge in [-0.15, -0.1) is 24.4 Å². The van der Waals surface area contributed by atoms with Crippen molar-refractivity contribution >= 4 is 116 Å². The predicted octanol–water partition coefficient (Wildman–Crippen LogP) is 4.61. The van der Waals surface area contributed by atoms with Crippen molar-refractivity contribution in [3.8, 4) is 0 Å². The highest BCUT2D eigenvalue weighted by Crippen LogP contribution is 2.41. The molecule has 0 aromatic carbocycles. The highest BCUT2D eigenvalue weighted by molar-refractivity contribution is 8.92. The average molecular weight is 709 g/mol. The van der Waals surface area contributed by atoms with Crippen LogP contribution >= 0.6 is 92.8 Å². The number of carbonyl (C=O) groups excluding carboxylic acids is 2. The maximum absolute atomic E-state index is 11.2. The summed E-state index contributed by atoms with van der Waals surface area (Å²) >= 11 is 12.3. The number of hydrogen-bond donors (Lipinski definition) is 5. The van der Waals surface area contributed by atoms with Gasteiger partial charge < -0.3 is 20.9 Å². The fourth-order valence-electron chi connectivity index (χ4n) is 1.92. The van der Waals surface area contributed by atoms with Crippen LogP contribution < -0.4 is 11.5 Å². The molecule has 1 atom stereocenters. The first-order valence-corrected chi connectivity index (χ1v) is 17.4. The molecule has 0 amide bonds. The van der Waals surface area contributed by atoms with Gasteiger partial charge in [0, 0.05) is 24.5 Å². The molecule has 2 aromatic heterocycles. The second-order valence-electron chi connectivity index (χ2n) is 6.14. The highest BCUT2D eigenvalue weighted by Gasteiger charge is 2.21. The maximum Gasteiger partial charge on any atom is 0.339 e. The van der Waals surface area contributed by atoms with Crippen LogP contribution in [0.2, 0.25) is 0 Å². The summed E-state index contributed by atoms with van der Waals surface area (Å²) in [4.78, 5) is 50.3. The van der Waals surface area contributed by atoms with Crippen LogP contribution in [-0.2, 0) is 9.47 Å². The van der Waals surface area contributed by atoms with Crippen LogP contribution in [0.25, 0.3) is 0 Å². The Morgan fingerprint density at radius 1 is 0.950 bits per heavy atom. The van der Waals surface area contributed by atoms with Gasteiger partial charge in [0.05, 0.1) is 45.0 Å². The van der Waals surface area contributed by atoms with E-state index in [1.165, 1.54) is 31.7 Å². The molecule has 0 aliphatic carbocycles. The van der Waals surface area contributed by atoms with Crippen molar-refractivity contribution in [1.29, 1.82) is 0 Å². The van der Waals surface area contributed by atoms with Crippen LogP contribution in [0.5, 0.6) is 0 Å². The Morgan fingerprint density at radius 2 is 1.32 bits per heavy atom. The molecule has 1 saturated heterocycles. The van der Waals surface area contributed by atoms with E-state index in [4.69, 9.17) is 11.5 Å². The molecule has 22 heteroatoms. The van der Waals surface area contributed by atoms with Crippen molar-refractivity contribution in [3.63, 3.8) is 0 Å². The van der Waals surface area contributed by atoms with E-state index in [0.717, 1.165) is 45.5 Å². The molecule has 40 heavy (non-hydrogen) atoms. The Labute approximate surface area is 265 Å². The number of nitrogens with zero attached hydrogens (tertiary/aromatic N) is 4. The molecule has 0 saturated carbocycles. The van der Waals surface area contributed by atoms with Crippen molar-refractivity contribution in [2.45, 2.75) is 19.5 Å². The summed E-state index contributed by atoms with van der Waals surface area (Å²) in [6, 6.07) is 2.27. The van der Waals surface area contributed by atoms with Crippen molar-refractivity contribution in [3.05, 3.63) is 55.9 Å². The zero-order valence-corrected chi connectivity index (χ0v) is 27.5. The van der Waals surface area contributed by atoms with Crippen LogP contribution in [0.1, 0.15) is 20.7 Å². The zero-order valence-electron chi connectivity index (χ0n) is 20.8. The number of ether oxygens (including phenoxy) is 2. The summed E-state index contributed by atoms with van der Waals surface area (Å²) in [5.74, 6) is -1.32. The number of thioether (sulfide) groups is 1. The lowest BCUT2D eigenvalue weighted by Gasteiger charge is -2.04. The van der Waals surface area contributed by atoms with Crippen molar-refractivity contribution < 1.29 is 28.9 Å². The normalized spacial score (nSPS) is 11.7. The minimum atomic E-state index is -0.680. The van der Waals surface area contributed by atoms with E-state index in [1.807, 2.05) is 21.6 Å². The van der Waals surface area contributed by atoms with E-state index in [-0.39, 0.29) is 37.3 Å². The number of aromatic nitrogens is 2. The number of carbonyl (C=O) groups is 2. The SMILES string of the molecule is C1SS1.COC(=O)c1cnc(SC)c([N+](=O)[O-])c1.COC(=O)c1cnc(SSC(N)S)c([N+](=O)[O-])c1.NC(S)S. The van der Waals surface area contributed by atoms with Crippen molar-refractivity contribution in [2.75, 3.05) is 25.6 Å². The van der Waals surface area contributed by atoms with Crippen LogP contribution in [0.3, 0.4) is 0 Å². The van der Waals surface area contributed by atoms with Gasteiger partial charge >= 0.3 is 23.3 Å². The molecule has 0 spiro atoms. The Balaban J connectivity index is 0.000000617.